The van der Waals surface area contributed by atoms with Gasteiger partial charge in [-0.05, 0) is 32.6 Å². The first kappa shape index (κ1) is 9.65. The van der Waals surface area contributed by atoms with Gasteiger partial charge >= 0.3 is 0 Å². The van der Waals surface area contributed by atoms with Crippen LogP contribution in [-0.2, 0) is 5.54 Å². The Morgan fingerprint density at radius 3 is 2.67 bits per heavy atom. The third-order valence-electron chi connectivity index (χ3n) is 1.54. The van der Waals surface area contributed by atoms with Crippen molar-refractivity contribution in [3.8, 4) is 0 Å². The van der Waals surface area contributed by atoms with E-state index in [4.69, 9.17) is 0 Å². The van der Waals surface area contributed by atoms with Crippen molar-refractivity contribution in [2.24, 2.45) is 0 Å². The first-order chi connectivity index (χ1) is 5.55. The van der Waals surface area contributed by atoms with Crippen LogP contribution in [0.5, 0.6) is 0 Å². The van der Waals surface area contributed by atoms with Crippen LogP contribution in [0.1, 0.15) is 27.7 Å². The molecule has 0 radical (unpaired) electrons. The number of rotatable bonds is 2. The van der Waals surface area contributed by atoms with Gasteiger partial charge in [-0.15, -0.1) is 11.8 Å². The van der Waals surface area contributed by atoms with Gasteiger partial charge in [0.25, 0.3) is 0 Å². The molecule has 1 heterocycles. The third-order valence-corrected chi connectivity index (χ3v) is 2.43. The average Bonchev–Trinajstić information content (AvgIpc) is 2.34. The largest absolute Gasteiger partial charge is 0.254 e. The van der Waals surface area contributed by atoms with Crippen LogP contribution in [0.25, 0.3) is 0 Å². The SMILES string of the molecule is CCSc1ccnn1C(C)(C)C. The lowest BCUT2D eigenvalue weighted by atomic mass is 10.1. The van der Waals surface area contributed by atoms with Gasteiger partial charge in [-0.25, -0.2) is 0 Å². The molecule has 0 fully saturated rings. The van der Waals surface area contributed by atoms with Crippen LogP contribution in [0, 0.1) is 0 Å². The highest BCUT2D eigenvalue weighted by molar-refractivity contribution is 7.99. The van der Waals surface area contributed by atoms with Crippen LogP contribution in [0.2, 0.25) is 0 Å². The van der Waals surface area contributed by atoms with Crippen LogP contribution in [0.15, 0.2) is 17.3 Å². The highest BCUT2D eigenvalue weighted by Gasteiger charge is 2.16. The smallest absolute Gasteiger partial charge is 0.0945 e. The van der Waals surface area contributed by atoms with Crippen LogP contribution < -0.4 is 0 Å². The summed E-state index contributed by atoms with van der Waals surface area (Å²) in [6.07, 6.45) is 1.86. The predicted molar refractivity (Wildman–Crippen MR) is 53.6 cm³/mol. The van der Waals surface area contributed by atoms with Crippen LogP contribution in [-0.4, -0.2) is 15.5 Å². The van der Waals surface area contributed by atoms with E-state index in [9.17, 15) is 0 Å². The summed E-state index contributed by atoms with van der Waals surface area (Å²) in [5, 5.41) is 5.56. The molecule has 3 heteroatoms. The zero-order chi connectivity index (χ0) is 9.19. The third kappa shape index (κ3) is 2.03. The zero-order valence-corrected chi connectivity index (χ0v) is 8.98. The Morgan fingerprint density at radius 1 is 1.50 bits per heavy atom. The summed E-state index contributed by atoms with van der Waals surface area (Å²) in [6.45, 7) is 8.66. The van der Waals surface area contributed by atoms with Crippen molar-refractivity contribution in [1.29, 1.82) is 0 Å². The summed E-state index contributed by atoms with van der Waals surface area (Å²) in [5.41, 5.74) is 0.0982. The first-order valence-corrected chi connectivity index (χ1v) is 5.21. The fourth-order valence-electron chi connectivity index (χ4n) is 1.05. The van der Waals surface area contributed by atoms with Gasteiger partial charge in [-0.3, -0.25) is 4.68 Å². The molecular weight excluding hydrogens is 168 g/mol. The van der Waals surface area contributed by atoms with Crippen molar-refractivity contribution in [2.75, 3.05) is 5.75 Å². The Balaban J connectivity index is 2.91. The molecule has 1 rings (SSSR count). The van der Waals surface area contributed by atoms with Gasteiger partial charge in [-0.2, -0.15) is 5.10 Å². The number of hydrogen-bond donors (Lipinski definition) is 0. The van der Waals surface area contributed by atoms with Gasteiger partial charge in [0, 0.05) is 0 Å². The number of hydrogen-bond acceptors (Lipinski definition) is 2. The monoisotopic (exact) mass is 184 g/mol. The summed E-state index contributed by atoms with van der Waals surface area (Å²) in [5.74, 6) is 1.10. The molecule has 1 aromatic heterocycles. The van der Waals surface area contributed by atoms with Crippen molar-refractivity contribution in [3.63, 3.8) is 0 Å². The maximum absolute atomic E-state index is 4.30. The van der Waals surface area contributed by atoms with E-state index in [1.54, 1.807) is 0 Å². The van der Waals surface area contributed by atoms with E-state index >= 15 is 0 Å². The second kappa shape index (κ2) is 3.52. The summed E-state index contributed by atoms with van der Waals surface area (Å²) < 4.78 is 2.07. The molecule has 0 saturated carbocycles. The van der Waals surface area contributed by atoms with Gasteiger partial charge < -0.3 is 0 Å². The molecule has 0 unspecified atom stereocenters. The highest BCUT2D eigenvalue weighted by atomic mass is 32.2. The summed E-state index contributed by atoms with van der Waals surface area (Å²) in [4.78, 5) is 0. The van der Waals surface area contributed by atoms with E-state index in [0.717, 1.165) is 5.75 Å². The summed E-state index contributed by atoms with van der Waals surface area (Å²) >= 11 is 1.84. The molecule has 0 aromatic carbocycles. The van der Waals surface area contributed by atoms with E-state index in [2.05, 4.69) is 43.5 Å². The van der Waals surface area contributed by atoms with Crippen LogP contribution in [0.4, 0.5) is 0 Å². The van der Waals surface area contributed by atoms with Crippen molar-refractivity contribution in [1.82, 2.24) is 9.78 Å². The molecule has 0 atom stereocenters. The maximum Gasteiger partial charge on any atom is 0.0945 e. The number of aromatic nitrogens is 2. The molecule has 0 aliphatic rings. The Bertz CT molecular complexity index is 247. The van der Waals surface area contributed by atoms with Gasteiger partial charge in [0.15, 0.2) is 0 Å². The minimum atomic E-state index is 0.0982. The standard InChI is InChI=1S/C9H16N2S/c1-5-12-8-6-7-10-11(8)9(2,3)4/h6-7H,5H2,1-4H3. The Labute approximate surface area is 78.4 Å². The second-order valence-electron chi connectivity index (χ2n) is 3.69. The molecule has 0 aliphatic carbocycles. The number of thioether (sulfide) groups is 1. The lowest BCUT2D eigenvalue weighted by Gasteiger charge is -2.21. The maximum atomic E-state index is 4.30. The van der Waals surface area contributed by atoms with Crippen LogP contribution >= 0.6 is 11.8 Å². The molecule has 68 valence electrons. The van der Waals surface area contributed by atoms with Gasteiger partial charge in [-0.1, -0.05) is 6.92 Å². The quantitative estimate of drug-likeness (QED) is 0.658. The molecule has 0 saturated heterocycles. The number of nitrogens with zero attached hydrogens (tertiary/aromatic N) is 2. The van der Waals surface area contributed by atoms with Gasteiger partial charge in [0.1, 0.15) is 0 Å². The van der Waals surface area contributed by atoms with E-state index in [1.165, 1.54) is 5.03 Å². The van der Waals surface area contributed by atoms with E-state index in [0.29, 0.717) is 0 Å². The fourth-order valence-corrected chi connectivity index (χ4v) is 1.95. The molecule has 2 nitrogen and oxygen atoms in total. The topological polar surface area (TPSA) is 17.8 Å². The van der Waals surface area contributed by atoms with E-state index < -0.39 is 0 Å². The van der Waals surface area contributed by atoms with Crippen molar-refractivity contribution >= 4 is 11.8 Å². The summed E-state index contributed by atoms with van der Waals surface area (Å²) in [6, 6.07) is 2.07. The zero-order valence-electron chi connectivity index (χ0n) is 8.16. The molecule has 0 spiro atoms. The van der Waals surface area contributed by atoms with Gasteiger partial charge in [0.2, 0.25) is 0 Å². The van der Waals surface area contributed by atoms with Crippen LogP contribution in [0.3, 0.4) is 0 Å². The average molecular weight is 184 g/mol. The molecule has 0 bridgehead atoms. The first-order valence-electron chi connectivity index (χ1n) is 4.23. The molecule has 0 N–H and O–H groups in total. The van der Waals surface area contributed by atoms with E-state index in [1.807, 2.05) is 18.0 Å². The van der Waals surface area contributed by atoms with Crippen molar-refractivity contribution < 1.29 is 0 Å². The molecule has 0 amide bonds. The fraction of sp³-hybridized carbons (Fsp3) is 0.667. The molecule has 0 aliphatic heterocycles. The highest BCUT2D eigenvalue weighted by Crippen LogP contribution is 2.23. The Hall–Kier alpha value is -0.440. The normalized spacial score (nSPS) is 12.0. The molecule has 12 heavy (non-hydrogen) atoms. The van der Waals surface area contributed by atoms with Gasteiger partial charge in [0.05, 0.1) is 16.8 Å². The van der Waals surface area contributed by atoms with E-state index in [-0.39, 0.29) is 5.54 Å². The molecular formula is C9H16N2S. The Morgan fingerprint density at radius 2 is 2.17 bits per heavy atom. The summed E-state index contributed by atoms with van der Waals surface area (Å²) in [7, 11) is 0. The second-order valence-corrected chi connectivity index (χ2v) is 4.97. The lowest BCUT2D eigenvalue weighted by Crippen LogP contribution is -2.23. The minimum Gasteiger partial charge on any atom is -0.254 e. The predicted octanol–water partition coefficient (Wildman–Crippen LogP) is 2.75. The van der Waals surface area contributed by atoms with Crippen molar-refractivity contribution in [2.45, 2.75) is 38.3 Å². The lowest BCUT2D eigenvalue weighted by molar-refractivity contribution is 0.330. The molecule has 1 aromatic rings. The minimum absolute atomic E-state index is 0.0982. The Kier molecular flexibility index (Phi) is 2.83. The van der Waals surface area contributed by atoms with Crippen molar-refractivity contribution in [3.05, 3.63) is 12.3 Å².